The van der Waals surface area contributed by atoms with E-state index in [9.17, 15) is 4.79 Å². The van der Waals surface area contributed by atoms with Crippen LogP contribution >= 0.6 is 0 Å². The largest absolute Gasteiger partial charge is 0.476 e. The Morgan fingerprint density at radius 3 is 2.85 bits per heavy atom. The number of aliphatic carboxylic acids is 1. The molecule has 1 saturated carbocycles. The Morgan fingerprint density at radius 1 is 1.35 bits per heavy atom. The van der Waals surface area contributed by atoms with Crippen molar-refractivity contribution in [3.8, 4) is 0 Å². The molecular weight excluding hydrogens is 334 g/mol. The van der Waals surface area contributed by atoms with Gasteiger partial charge >= 0.3 is 5.97 Å². The first-order valence-electron chi connectivity index (χ1n) is 8.97. The van der Waals surface area contributed by atoms with Gasteiger partial charge in [0.2, 0.25) is 0 Å². The molecule has 26 heavy (non-hydrogen) atoms. The number of hydrazine groups is 2. The van der Waals surface area contributed by atoms with E-state index >= 15 is 0 Å². The molecule has 136 valence electrons. The summed E-state index contributed by atoms with van der Waals surface area (Å²) in [7, 11) is 0. The van der Waals surface area contributed by atoms with Crippen molar-refractivity contribution in [2.45, 2.75) is 31.7 Å². The number of carboxylic acids is 1. The van der Waals surface area contributed by atoms with E-state index in [1.807, 2.05) is 6.20 Å². The summed E-state index contributed by atoms with van der Waals surface area (Å²) in [4.78, 5) is 15.8. The van der Waals surface area contributed by atoms with Crippen molar-refractivity contribution in [2.24, 2.45) is 5.92 Å². The van der Waals surface area contributed by atoms with Gasteiger partial charge in [0.25, 0.3) is 0 Å². The molecule has 0 aromatic carbocycles. The van der Waals surface area contributed by atoms with Crippen LogP contribution in [0.25, 0.3) is 5.65 Å². The van der Waals surface area contributed by atoms with Crippen molar-refractivity contribution in [1.82, 2.24) is 25.4 Å². The maximum atomic E-state index is 11.0. The average Bonchev–Trinajstić information content (AvgIpc) is 3.18. The molecule has 8 nitrogen and oxygen atoms in total. The number of hydrogen-bond acceptors (Lipinski definition) is 6. The molecule has 0 radical (unpaired) electrons. The van der Waals surface area contributed by atoms with Crippen molar-refractivity contribution in [1.29, 1.82) is 0 Å². The number of carboxylic acid groups (broad SMARTS) is 1. The van der Waals surface area contributed by atoms with Gasteiger partial charge in [0.15, 0.2) is 5.70 Å². The predicted octanol–water partition coefficient (Wildman–Crippen LogP) is 1.15. The topological polar surface area (TPSA) is 91.1 Å². The van der Waals surface area contributed by atoms with Crippen LogP contribution in [0.1, 0.15) is 35.6 Å². The minimum Gasteiger partial charge on any atom is -0.476 e. The van der Waals surface area contributed by atoms with Crippen LogP contribution in [0.5, 0.6) is 0 Å². The quantitative estimate of drug-likeness (QED) is 0.716. The number of aromatic nitrogens is 2. The van der Waals surface area contributed by atoms with Crippen LogP contribution in [0.2, 0.25) is 0 Å². The van der Waals surface area contributed by atoms with Crippen LogP contribution in [-0.2, 0) is 22.5 Å². The summed E-state index contributed by atoms with van der Waals surface area (Å²) in [5.74, 6) is 0.278. The Balaban J connectivity index is 1.44. The Morgan fingerprint density at radius 2 is 2.19 bits per heavy atom. The third kappa shape index (κ3) is 2.91. The molecule has 3 aliphatic rings. The summed E-state index contributed by atoms with van der Waals surface area (Å²) in [5, 5.41) is 10.7. The molecule has 4 heterocycles. The second-order valence-corrected chi connectivity index (χ2v) is 7.36. The van der Waals surface area contributed by atoms with Gasteiger partial charge in [-0.15, -0.1) is 5.53 Å². The van der Waals surface area contributed by atoms with Gasteiger partial charge in [-0.05, 0) is 36.3 Å². The average molecular weight is 355 g/mol. The Labute approximate surface area is 150 Å². The zero-order valence-electron chi connectivity index (χ0n) is 14.3. The van der Waals surface area contributed by atoms with Crippen LogP contribution in [0.3, 0.4) is 0 Å². The highest BCUT2D eigenvalue weighted by molar-refractivity contribution is 5.85. The molecule has 0 amide bonds. The smallest absolute Gasteiger partial charge is 0.354 e. The summed E-state index contributed by atoms with van der Waals surface area (Å²) in [6.07, 6.45) is 9.30. The first kappa shape index (κ1) is 15.7. The van der Waals surface area contributed by atoms with Crippen molar-refractivity contribution in [3.05, 3.63) is 47.2 Å². The number of rotatable bonds is 6. The monoisotopic (exact) mass is 355 g/mol. The summed E-state index contributed by atoms with van der Waals surface area (Å²) in [6.45, 7) is 2.15. The lowest BCUT2D eigenvalue weighted by molar-refractivity contribution is -0.133. The zero-order chi connectivity index (χ0) is 17.7. The van der Waals surface area contributed by atoms with Crippen LogP contribution in [0.15, 0.2) is 30.4 Å². The molecular formula is C18H21N5O3. The fraction of sp³-hybridized carbons (Fsp3) is 0.444. The van der Waals surface area contributed by atoms with Gasteiger partial charge < -0.3 is 14.2 Å². The first-order valence-corrected chi connectivity index (χ1v) is 8.97. The van der Waals surface area contributed by atoms with Gasteiger partial charge in [-0.25, -0.2) is 9.78 Å². The molecule has 0 atom stereocenters. The predicted molar refractivity (Wildman–Crippen MR) is 92.7 cm³/mol. The van der Waals surface area contributed by atoms with Crippen LogP contribution in [-0.4, -0.2) is 38.7 Å². The minimum absolute atomic E-state index is 0.121. The lowest BCUT2D eigenvalue weighted by Crippen LogP contribution is -2.36. The molecule has 3 N–H and O–H groups in total. The minimum atomic E-state index is -0.992. The number of fused-ring (bicyclic) bond motifs is 1. The fourth-order valence-electron chi connectivity index (χ4n) is 3.54. The van der Waals surface area contributed by atoms with Crippen LogP contribution in [0.4, 0.5) is 0 Å². The first-order chi connectivity index (χ1) is 12.7. The number of carbonyl (C=O) groups is 1. The molecule has 2 fully saturated rings. The lowest BCUT2D eigenvalue weighted by atomic mass is 9.97. The van der Waals surface area contributed by atoms with E-state index in [0.717, 1.165) is 31.0 Å². The molecule has 2 aromatic rings. The zero-order valence-corrected chi connectivity index (χ0v) is 14.3. The van der Waals surface area contributed by atoms with Gasteiger partial charge in [-0.1, -0.05) is 6.07 Å². The van der Waals surface area contributed by atoms with Gasteiger partial charge in [-0.3, -0.25) is 10.4 Å². The van der Waals surface area contributed by atoms with Gasteiger partial charge in [0, 0.05) is 18.3 Å². The summed E-state index contributed by atoms with van der Waals surface area (Å²) in [6, 6.07) is 2.32. The normalized spacial score (nSPS) is 20.2. The number of nitrogens with one attached hydrogen (secondary N) is 2. The Kier molecular flexibility index (Phi) is 3.61. The van der Waals surface area contributed by atoms with Gasteiger partial charge in [0.05, 0.1) is 31.7 Å². The van der Waals surface area contributed by atoms with E-state index in [1.54, 1.807) is 5.01 Å². The van der Waals surface area contributed by atoms with Gasteiger partial charge in [-0.2, -0.15) is 0 Å². The highest BCUT2D eigenvalue weighted by Gasteiger charge is 2.27. The number of nitrogens with zero attached hydrogens (tertiary/aromatic N) is 3. The van der Waals surface area contributed by atoms with Crippen LogP contribution < -0.4 is 11.0 Å². The number of ether oxygens (including phenoxy) is 1. The van der Waals surface area contributed by atoms with Crippen molar-refractivity contribution < 1.29 is 14.6 Å². The molecule has 8 heteroatoms. The van der Waals surface area contributed by atoms with E-state index in [2.05, 4.69) is 27.6 Å². The molecule has 2 aliphatic heterocycles. The third-order valence-electron chi connectivity index (χ3n) is 5.14. The molecule has 5 rings (SSSR count). The number of imidazole rings is 1. The molecule has 1 saturated heterocycles. The van der Waals surface area contributed by atoms with Gasteiger partial charge in [0.1, 0.15) is 5.65 Å². The molecule has 0 bridgehead atoms. The van der Waals surface area contributed by atoms with Crippen molar-refractivity contribution in [3.63, 3.8) is 0 Å². The van der Waals surface area contributed by atoms with E-state index in [0.29, 0.717) is 18.4 Å². The van der Waals surface area contributed by atoms with E-state index in [4.69, 9.17) is 14.8 Å². The van der Waals surface area contributed by atoms with E-state index in [-0.39, 0.29) is 5.70 Å². The second kappa shape index (κ2) is 6.00. The lowest BCUT2D eigenvalue weighted by Gasteiger charge is -2.26. The second-order valence-electron chi connectivity index (χ2n) is 7.36. The summed E-state index contributed by atoms with van der Waals surface area (Å²) < 4.78 is 7.46. The molecule has 0 spiro atoms. The van der Waals surface area contributed by atoms with E-state index in [1.165, 1.54) is 30.2 Å². The highest BCUT2D eigenvalue weighted by Crippen LogP contribution is 2.41. The summed E-state index contributed by atoms with van der Waals surface area (Å²) >= 11 is 0. The maximum Gasteiger partial charge on any atom is 0.354 e. The molecule has 0 unspecified atom stereocenters. The summed E-state index contributed by atoms with van der Waals surface area (Å²) in [5.41, 5.74) is 10.1. The van der Waals surface area contributed by atoms with Crippen molar-refractivity contribution in [2.75, 3.05) is 13.2 Å². The number of pyridine rings is 1. The molecule has 2 aromatic heterocycles. The van der Waals surface area contributed by atoms with E-state index < -0.39 is 5.97 Å². The fourth-order valence-corrected chi connectivity index (χ4v) is 3.54. The number of hydrogen-bond donors (Lipinski definition) is 3. The van der Waals surface area contributed by atoms with Crippen LogP contribution in [0, 0.1) is 5.92 Å². The standard InChI is InChI=1S/C18H21N5O3/c24-18(25)16-8-23(21-20-16)7-15-6-22-5-14(12-1-2-12)4-13(17(22)19-15)3-11-9-26-10-11/h4-6,8,11-12,20-21H,1-3,7,9-10H2,(H,24,25). The third-order valence-corrected chi connectivity index (χ3v) is 5.14. The maximum absolute atomic E-state index is 11.0. The Hall–Kier alpha value is -2.58. The highest BCUT2D eigenvalue weighted by atomic mass is 16.5. The SMILES string of the molecule is O=C(O)C1=CN(Cc2cn3cc(C4CC4)cc(CC4COC4)c3n2)NN1. The van der Waals surface area contributed by atoms with Crippen molar-refractivity contribution >= 4 is 11.6 Å². The Bertz CT molecular complexity index is 898. The molecule has 1 aliphatic carbocycles.